The largest absolute Gasteiger partial charge is 0.433 e. The Kier molecular flexibility index (Phi) is 8.05. The standard InChI is InChI=1S/C35H38F4N6O2/c1-4-29-40-19(2)30(20(3)41-29)23-15-26(36)25(18-47-17-21-5-6-21)27(16-23)45-13-11-34(12-14-45)33(46)43-32(44-34)24-9-10-28(35(37,38)39)42-31(24)22-7-8-22/h9-10,15-16,21-22H,4-8,11-14,17-18H2,1-3H3,(H,43,44,46). The van der Waals surface area contributed by atoms with Crippen LogP contribution >= 0.6 is 0 Å². The van der Waals surface area contributed by atoms with Crippen LogP contribution in [-0.2, 0) is 28.7 Å². The van der Waals surface area contributed by atoms with Gasteiger partial charge in [-0.25, -0.2) is 19.3 Å². The van der Waals surface area contributed by atoms with E-state index in [0.29, 0.717) is 72.9 Å². The number of halogens is 4. The number of nitrogens with zero attached hydrogens (tertiary/aromatic N) is 5. The highest BCUT2D eigenvalue weighted by atomic mass is 19.4. The summed E-state index contributed by atoms with van der Waals surface area (Å²) < 4.78 is 62.3. The Balaban J connectivity index is 1.18. The van der Waals surface area contributed by atoms with Gasteiger partial charge in [0.25, 0.3) is 5.91 Å². The molecule has 7 rings (SSSR count). The van der Waals surface area contributed by atoms with Gasteiger partial charge in [0.15, 0.2) is 0 Å². The molecule has 1 amide bonds. The minimum absolute atomic E-state index is 0.0797. The Morgan fingerprint density at radius 2 is 1.72 bits per heavy atom. The first kappa shape index (κ1) is 31.7. The Labute approximate surface area is 271 Å². The molecule has 248 valence electrons. The summed E-state index contributed by atoms with van der Waals surface area (Å²) in [5.41, 5.74) is 2.98. The van der Waals surface area contributed by atoms with Gasteiger partial charge in [0.1, 0.15) is 28.7 Å². The molecule has 0 radical (unpaired) electrons. The molecule has 2 aromatic heterocycles. The molecule has 4 aliphatic rings. The van der Waals surface area contributed by atoms with Gasteiger partial charge in [-0.2, -0.15) is 13.2 Å². The summed E-state index contributed by atoms with van der Waals surface area (Å²) in [6.45, 7) is 7.39. The van der Waals surface area contributed by atoms with Crippen LogP contribution in [0.15, 0.2) is 29.3 Å². The number of benzene rings is 1. The predicted molar refractivity (Wildman–Crippen MR) is 169 cm³/mol. The highest BCUT2D eigenvalue weighted by Gasteiger charge is 2.47. The number of amidine groups is 1. The Bertz CT molecular complexity index is 1730. The third kappa shape index (κ3) is 6.24. The number of ether oxygens (including phenoxy) is 1. The van der Waals surface area contributed by atoms with Crippen LogP contribution in [-0.4, -0.2) is 51.9 Å². The number of hydrogen-bond acceptors (Lipinski definition) is 7. The number of hydrogen-bond donors (Lipinski definition) is 1. The van der Waals surface area contributed by atoms with Crippen LogP contribution in [0, 0.1) is 25.6 Å². The van der Waals surface area contributed by atoms with Gasteiger partial charge >= 0.3 is 6.18 Å². The van der Waals surface area contributed by atoms with Crippen LogP contribution in [0.5, 0.6) is 0 Å². The van der Waals surface area contributed by atoms with Crippen LogP contribution in [0.25, 0.3) is 11.1 Å². The zero-order valence-electron chi connectivity index (χ0n) is 26.8. The second-order valence-electron chi connectivity index (χ2n) is 13.3. The van der Waals surface area contributed by atoms with E-state index in [-0.39, 0.29) is 30.1 Å². The Morgan fingerprint density at radius 1 is 1.02 bits per heavy atom. The van der Waals surface area contributed by atoms with E-state index in [1.165, 1.54) is 12.1 Å². The molecule has 8 nitrogen and oxygen atoms in total. The third-order valence-corrected chi connectivity index (χ3v) is 9.74. The van der Waals surface area contributed by atoms with Gasteiger partial charge in [-0.15, -0.1) is 0 Å². The number of nitrogens with one attached hydrogen (secondary N) is 1. The summed E-state index contributed by atoms with van der Waals surface area (Å²) in [4.78, 5) is 33.6. The molecule has 2 saturated carbocycles. The van der Waals surface area contributed by atoms with Gasteiger partial charge < -0.3 is 15.0 Å². The number of aromatic nitrogens is 3. The van der Waals surface area contributed by atoms with Crippen molar-refractivity contribution in [3.63, 3.8) is 0 Å². The summed E-state index contributed by atoms with van der Waals surface area (Å²) in [6, 6.07) is 5.83. The fourth-order valence-corrected chi connectivity index (χ4v) is 6.77. The normalized spacial score (nSPS) is 19.3. The maximum absolute atomic E-state index is 16.0. The van der Waals surface area contributed by atoms with Gasteiger partial charge in [-0.3, -0.25) is 9.79 Å². The molecule has 3 fully saturated rings. The lowest BCUT2D eigenvalue weighted by atomic mass is 9.87. The zero-order valence-corrected chi connectivity index (χ0v) is 26.8. The highest BCUT2D eigenvalue weighted by molar-refractivity contribution is 6.16. The summed E-state index contributed by atoms with van der Waals surface area (Å²) in [6.07, 6.45) is 0.611. The first-order valence-corrected chi connectivity index (χ1v) is 16.4. The van der Waals surface area contributed by atoms with Crippen molar-refractivity contribution in [3.05, 3.63) is 69.8 Å². The first-order valence-electron chi connectivity index (χ1n) is 16.4. The van der Waals surface area contributed by atoms with Gasteiger partial charge in [0, 0.05) is 65.8 Å². The van der Waals surface area contributed by atoms with Gasteiger partial charge in [0.2, 0.25) is 0 Å². The maximum atomic E-state index is 16.0. The van der Waals surface area contributed by atoms with E-state index in [2.05, 4.69) is 25.2 Å². The van der Waals surface area contributed by atoms with E-state index in [1.807, 2.05) is 26.8 Å². The van der Waals surface area contributed by atoms with Crippen molar-refractivity contribution in [2.75, 3.05) is 24.6 Å². The second-order valence-corrected chi connectivity index (χ2v) is 13.3. The molecule has 4 heterocycles. The van der Waals surface area contributed by atoms with Crippen LogP contribution in [0.1, 0.15) is 91.1 Å². The smallest absolute Gasteiger partial charge is 0.376 e. The molecule has 0 unspecified atom stereocenters. The molecule has 1 N–H and O–H groups in total. The van der Waals surface area contributed by atoms with Crippen molar-refractivity contribution in [3.8, 4) is 11.1 Å². The van der Waals surface area contributed by atoms with Gasteiger partial charge in [0.05, 0.1) is 12.3 Å². The number of pyridine rings is 1. The van der Waals surface area contributed by atoms with Crippen molar-refractivity contribution in [1.82, 2.24) is 20.3 Å². The number of aliphatic imine (C=N–C) groups is 1. The number of rotatable bonds is 9. The summed E-state index contributed by atoms with van der Waals surface area (Å²) in [7, 11) is 0. The van der Waals surface area contributed by atoms with Crippen LogP contribution in [0.3, 0.4) is 0 Å². The molecule has 2 aliphatic heterocycles. The average Bonchev–Trinajstić information content (AvgIpc) is 3.97. The van der Waals surface area contributed by atoms with Crippen molar-refractivity contribution in [2.45, 2.75) is 90.0 Å². The third-order valence-electron chi connectivity index (χ3n) is 9.74. The monoisotopic (exact) mass is 650 g/mol. The summed E-state index contributed by atoms with van der Waals surface area (Å²) >= 11 is 0. The molecular formula is C35H38F4N6O2. The topological polar surface area (TPSA) is 92.6 Å². The van der Waals surface area contributed by atoms with Crippen molar-refractivity contribution in [1.29, 1.82) is 0 Å². The van der Waals surface area contributed by atoms with Gasteiger partial charge in [-0.1, -0.05) is 6.92 Å². The number of amides is 1. The minimum atomic E-state index is -4.56. The fraction of sp³-hybridized carbons (Fsp3) is 0.514. The summed E-state index contributed by atoms with van der Waals surface area (Å²) in [5.74, 6) is 0.818. The SMILES string of the molecule is CCc1nc(C)c(-c2cc(F)c(COCC3CC3)c(N3CCC4(CC3)N=C(c3ccc(C(F)(F)F)nc3C3CC3)NC4=O)c2)c(C)n1. The van der Waals surface area contributed by atoms with E-state index in [4.69, 9.17) is 9.73 Å². The number of alkyl halides is 3. The number of aryl methyl sites for hydroxylation is 3. The Morgan fingerprint density at radius 3 is 2.34 bits per heavy atom. The van der Waals surface area contributed by atoms with Crippen LogP contribution < -0.4 is 10.2 Å². The number of carbonyl (C=O) groups excluding carboxylic acids is 1. The molecule has 1 aromatic carbocycles. The molecule has 47 heavy (non-hydrogen) atoms. The van der Waals surface area contributed by atoms with E-state index < -0.39 is 17.4 Å². The lowest BCUT2D eigenvalue weighted by Crippen LogP contribution is -2.49. The molecule has 2 aliphatic carbocycles. The summed E-state index contributed by atoms with van der Waals surface area (Å²) in [5, 5.41) is 2.86. The Hall–Kier alpha value is -3.93. The van der Waals surface area contributed by atoms with Crippen LogP contribution in [0.2, 0.25) is 0 Å². The fourth-order valence-electron chi connectivity index (χ4n) is 6.77. The van der Waals surface area contributed by atoms with E-state index in [9.17, 15) is 18.0 Å². The average molecular weight is 651 g/mol. The molecule has 12 heteroatoms. The second kappa shape index (κ2) is 11.9. The quantitative estimate of drug-likeness (QED) is 0.263. The molecular weight excluding hydrogens is 612 g/mol. The van der Waals surface area contributed by atoms with Crippen molar-refractivity contribution >= 4 is 17.4 Å². The van der Waals surface area contributed by atoms with E-state index >= 15 is 4.39 Å². The van der Waals surface area contributed by atoms with E-state index in [0.717, 1.165) is 54.5 Å². The molecule has 1 saturated heterocycles. The number of piperidine rings is 1. The molecule has 0 atom stereocenters. The van der Waals surface area contributed by atoms with Crippen molar-refractivity contribution in [2.24, 2.45) is 10.9 Å². The van der Waals surface area contributed by atoms with Gasteiger partial charge in [-0.05, 0) is 88.1 Å². The molecule has 0 bridgehead atoms. The van der Waals surface area contributed by atoms with Crippen LogP contribution in [0.4, 0.5) is 23.2 Å². The predicted octanol–water partition coefficient (Wildman–Crippen LogP) is 6.60. The number of carbonyl (C=O) groups is 1. The number of anilines is 1. The minimum Gasteiger partial charge on any atom is -0.376 e. The lowest BCUT2D eigenvalue weighted by Gasteiger charge is -2.38. The zero-order chi connectivity index (χ0) is 33.1. The van der Waals surface area contributed by atoms with Crippen molar-refractivity contribution < 1.29 is 27.1 Å². The highest BCUT2D eigenvalue weighted by Crippen LogP contribution is 2.43. The first-order chi connectivity index (χ1) is 22.5. The maximum Gasteiger partial charge on any atom is 0.433 e. The molecule has 1 spiro atoms. The molecule has 3 aromatic rings. The lowest BCUT2D eigenvalue weighted by molar-refractivity contribution is -0.141. The van der Waals surface area contributed by atoms with E-state index in [1.54, 1.807) is 0 Å².